The number of rotatable bonds is 6. The number of benzene rings is 2. The zero-order valence-electron chi connectivity index (χ0n) is 17.5. The fraction of sp³-hybridized carbons (Fsp3) is 0.125. The summed E-state index contributed by atoms with van der Waals surface area (Å²) >= 11 is 0. The van der Waals surface area contributed by atoms with Gasteiger partial charge in [0.25, 0.3) is 0 Å². The number of nitrogens with zero attached hydrogens (tertiary/aromatic N) is 3. The average Bonchev–Trinajstić information content (AvgIpc) is 3.34. The minimum atomic E-state index is -4.58. The van der Waals surface area contributed by atoms with Crippen LogP contribution in [0.1, 0.15) is 12.5 Å². The van der Waals surface area contributed by atoms with E-state index >= 15 is 0 Å². The summed E-state index contributed by atoms with van der Waals surface area (Å²) in [5.41, 5.74) is 1.18. The van der Waals surface area contributed by atoms with Crippen molar-refractivity contribution >= 4 is 17.4 Å². The van der Waals surface area contributed by atoms with Crippen molar-refractivity contribution < 1.29 is 18.0 Å². The number of carbonyl (C=O) groups is 1. The van der Waals surface area contributed by atoms with Gasteiger partial charge in [-0.1, -0.05) is 30.3 Å². The van der Waals surface area contributed by atoms with Crippen LogP contribution in [-0.2, 0) is 11.0 Å². The molecule has 2 aromatic carbocycles. The summed E-state index contributed by atoms with van der Waals surface area (Å²) < 4.78 is 42.1. The summed E-state index contributed by atoms with van der Waals surface area (Å²) in [6.45, 7) is 1.56. The number of alkyl halides is 3. The van der Waals surface area contributed by atoms with E-state index in [1.165, 1.54) is 35.4 Å². The molecule has 1 atom stereocenters. The second-order valence-corrected chi connectivity index (χ2v) is 7.35. The lowest BCUT2D eigenvalue weighted by Gasteiger charge is -2.18. The molecule has 0 aliphatic rings. The molecule has 1 unspecified atom stereocenters. The van der Waals surface area contributed by atoms with Crippen LogP contribution in [0, 0.1) is 0 Å². The number of halogens is 3. The van der Waals surface area contributed by atoms with Gasteiger partial charge in [-0.2, -0.15) is 13.2 Å². The number of nitrogens with one attached hydrogen (secondary N) is 2. The highest BCUT2D eigenvalue weighted by Crippen LogP contribution is 2.35. The molecule has 168 valence electrons. The van der Waals surface area contributed by atoms with Gasteiger partial charge in [0, 0.05) is 29.8 Å². The molecule has 0 aliphatic carbocycles. The first kappa shape index (κ1) is 22.1. The van der Waals surface area contributed by atoms with Gasteiger partial charge in [-0.05, 0) is 42.8 Å². The highest BCUT2D eigenvalue weighted by atomic mass is 19.4. The van der Waals surface area contributed by atoms with Crippen molar-refractivity contribution in [2.24, 2.45) is 0 Å². The lowest BCUT2D eigenvalue weighted by molar-refractivity contribution is -0.137. The van der Waals surface area contributed by atoms with Gasteiger partial charge >= 0.3 is 6.18 Å². The summed E-state index contributed by atoms with van der Waals surface area (Å²) in [5, 5.41) is 5.49. The van der Waals surface area contributed by atoms with Crippen LogP contribution in [0.2, 0.25) is 0 Å². The number of hydrogen-bond acceptors (Lipinski definition) is 4. The van der Waals surface area contributed by atoms with Crippen LogP contribution in [0.4, 0.5) is 24.7 Å². The molecule has 9 heteroatoms. The SMILES string of the molecule is CC(Nc1ccc(-n2ccnc2)c(C(F)(F)F)c1)C(=O)Nc1ccc(-c2ccccc2)cn1. The molecule has 6 nitrogen and oxygen atoms in total. The molecule has 2 heterocycles. The van der Waals surface area contributed by atoms with Crippen LogP contribution in [0.25, 0.3) is 16.8 Å². The van der Waals surface area contributed by atoms with Crippen LogP contribution >= 0.6 is 0 Å². The highest BCUT2D eigenvalue weighted by molar-refractivity contribution is 5.95. The van der Waals surface area contributed by atoms with E-state index in [1.807, 2.05) is 36.4 Å². The van der Waals surface area contributed by atoms with Gasteiger partial charge < -0.3 is 15.2 Å². The third kappa shape index (κ3) is 5.20. The maximum Gasteiger partial charge on any atom is 0.418 e. The third-order valence-corrected chi connectivity index (χ3v) is 4.98. The third-order valence-electron chi connectivity index (χ3n) is 4.98. The molecule has 33 heavy (non-hydrogen) atoms. The van der Waals surface area contributed by atoms with E-state index in [0.717, 1.165) is 17.2 Å². The molecule has 0 saturated heterocycles. The molecule has 0 aliphatic heterocycles. The van der Waals surface area contributed by atoms with Crippen molar-refractivity contribution in [2.75, 3.05) is 10.6 Å². The van der Waals surface area contributed by atoms with E-state index in [1.54, 1.807) is 19.2 Å². The van der Waals surface area contributed by atoms with Gasteiger partial charge in [-0.15, -0.1) is 0 Å². The van der Waals surface area contributed by atoms with Crippen LogP contribution in [0.3, 0.4) is 0 Å². The zero-order chi connectivity index (χ0) is 23.4. The van der Waals surface area contributed by atoms with Gasteiger partial charge in [0.05, 0.1) is 17.6 Å². The van der Waals surface area contributed by atoms with E-state index in [9.17, 15) is 18.0 Å². The first-order valence-electron chi connectivity index (χ1n) is 10.1. The standard InChI is InChI=1S/C24H20F3N5O/c1-16(23(33)31-22-10-7-18(14-29-22)17-5-3-2-4-6-17)30-19-8-9-21(32-12-11-28-15-32)20(13-19)24(25,26)27/h2-16,30H,1H3,(H,29,31,33). The summed E-state index contributed by atoms with van der Waals surface area (Å²) in [6, 6.07) is 16.2. The average molecular weight is 451 g/mol. The molecule has 0 bridgehead atoms. The van der Waals surface area contributed by atoms with Crippen molar-refractivity contribution in [1.29, 1.82) is 0 Å². The van der Waals surface area contributed by atoms with Gasteiger partial charge in [-0.25, -0.2) is 9.97 Å². The Balaban J connectivity index is 1.45. The molecule has 2 N–H and O–H groups in total. The van der Waals surface area contributed by atoms with E-state index in [4.69, 9.17) is 0 Å². The van der Waals surface area contributed by atoms with E-state index in [2.05, 4.69) is 20.6 Å². The van der Waals surface area contributed by atoms with Crippen molar-refractivity contribution in [3.05, 3.63) is 91.1 Å². The number of amides is 1. The van der Waals surface area contributed by atoms with Crippen LogP contribution in [0.5, 0.6) is 0 Å². The molecular weight excluding hydrogens is 431 g/mol. The van der Waals surface area contributed by atoms with E-state index in [0.29, 0.717) is 5.82 Å². The van der Waals surface area contributed by atoms with Crippen molar-refractivity contribution in [3.8, 4) is 16.8 Å². The number of aromatic nitrogens is 3. The van der Waals surface area contributed by atoms with Crippen LogP contribution in [0.15, 0.2) is 85.6 Å². The van der Waals surface area contributed by atoms with Crippen molar-refractivity contribution in [3.63, 3.8) is 0 Å². The Morgan fingerprint density at radius 1 is 1.03 bits per heavy atom. The lowest BCUT2D eigenvalue weighted by Crippen LogP contribution is -2.32. The number of hydrogen-bond donors (Lipinski definition) is 2. The molecule has 2 aromatic heterocycles. The summed E-state index contributed by atoms with van der Waals surface area (Å²) in [7, 11) is 0. The smallest absolute Gasteiger partial charge is 0.374 e. The van der Waals surface area contributed by atoms with Gasteiger partial charge in [-0.3, -0.25) is 4.79 Å². The van der Waals surface area contributed by atoms with Gasteiger partial charge in [0.2, 0.25) is 5.91 Å². The minimum absolute atomic E-state index is 0.0506. The molecule has 4 aromatic rings. The van der Waals surface area contributed by atoms with E-state index in [-0.39, 0.29) is 11.4 Å². The van der Waals surface area contributed by atoms with Crippen LogP contribution in [-0.4, -0.2) is 26.5 Å². The van der Waals surface area contributed by atoms with Crippen molar-refractivity contribution in [1.82, 2.24) is 14.5 Å². The molecule has 1 amide bonds. The molecule has 0 saturated carbocycles. The molecular formula is C24H20F3N5O. The number of anilines is 2. The summed E-state index contributed by atoms with van der Waals surface area (Å²) in [4.78, 5) is 20.6. The number of pyridine rings is 1. The predicted molar refractivity (Wildman–Crippen MR) is 120 cm³/mol. The number of imidazole rings is 1. The maximum atomic E-state index is 13.6. The fourth-order valence-electron chi connectivity index (χ4n) is 3.30. The van der Waals surface area contributed by atoms with Crippen molar-refractivity contribution in [2.45, 2.75) is 19.1 Å². The molecule has 0 radical (unpaired) electrons. The quantitative estimate of drug-likeness (QED) is 0.412. The molecule has 0 fully saturated rings. The van der Waals surface area contributed by atoms with Gasteiger partial charge in [0.15, 0.2) is 0 Å². The Morgan fingerprint density at radius 2 is 1.82 bits per heavy atom. The maximum absolute atomic E-state index is 13.6. The second-order valence-electron chi connectivity index (χ2n) is 7.35. The lowest BCUT2D eigenvalue weighted by atomic mass is 10.1. The first-order chi connectivity index (χ1) is 15.8. The molecule has 0 spiro atoms. The summed E-state index contributed by atoms with van der Waals surface area (Å²) in [6.07, 6.45) is 1.20. The van der Waals surface area contributed by atoms with E-state index < -0.39 is 23.7 Å². The highest BCUT2D eigenvalue weighted by Gasteiger charge is 2.34. The Morgan fingerprint density at radius 3 is 2.45 bits per heavy atom. The zero-order valence-corrected chi connectivity index (χ0v) is 17.5. The monoisotopic (exact) mass is 451 g/mol. The number of carbonyl (C=O) groups excluding carboxylic acids is 1. The van der Waals surface area contributed by atoms with Gasteiger partial charge in [0.1, 0.15) is 11.9 Å². The Hall–Kier alpha value is -4.14. The largest absolute Gasteiger partial charge is 0.418 e. The first-order valence-corrected chi connectivity index (χ1v) is 10.1. The Kier molecular flexibility index (Phi) is 6.12. The summed E-state index contributed by atoms with van der Waals surface area (Å²) in [5.74, 6) is -0.0815. The second kappa shape index (κ2) is 9.15. The normalized spacial score (nSPS) is 12.2. The molecule has 4 rings (SSSR count). The fourth-order valence-corrected chi connectivity index (χ4v) is 3.30. The minimum Gasteiger partial charge on any atom is -0.374 e. The predicted octanol–water partition coefficient (Wildman–Crippen LogP) is 5.39. The van der Waals surface area contributed by atoms with Crippen LogP contribution < -0.4 is 10.6 Å². The topological polar surface area (TPSA) is 71.8 Å². The Labute approximate surface area is 188 Å². The Bertz CT molecular complexity index is 1220.